The van der Waals surface area contributed by atoms with Gasteiger partial charge in [0.25, 0.3) is 0 Å². The molecule has 0 spiro atoms. The van der Waals surface area contributed by atoms with Crippen molar-refractivity contribution in [3.8, 4) is 12.8 Å². The van der Waals surface area contributed by atoms with Gasteiger partial charge in [-0.05, 0) is 69.1 Å². The number of carbonyl (C=O) groups is 2. The first-order valence-electron chi connectivity index (χ1n) is 10.9. The maximum atomic E-state index is 11.9. The molecule has 3 heterocycles. The van der Waals surface area contributed by atoms with E-state index in [1.807, 2.05) is 36.1 Å². The first-order valence-corrected chi connectivity index (χ1v) is 11.3. The summed E-state index contributed by atoms with van der Waals surface area (Å²) in [6, 6.07) is 7.69. The van der Waals surface area contributed by atoms with E-state index in [9.17, 15) is 9.59 Å². The Bertz CT molecular complexity index is 947. The third-order valence-electron chi connectivity index (χ3n) is 5.36. The number of terminal acetylenes is 1. The molecule has 2 aliphatic rings. The molecule has 3 N–H and O–H groups in total. The van der Waals surface area contributed by atoms with Crippen molar-refractivity contribution in [1.29, 1.82) is 0 Å². The van der Waals surface area contributed by atoms with E-state index in [2.05, 4.69) is 18.2 Å². The standard InChI is InChI=1S/C12H20N2O2.C10H10N2OS.C2H2/c15-11-6-2-1-3-9-14(11)10-12(16)13-7-4-5-8-13;1-6-4-7-5-8(12-10(11)14)2-3-9(7)13-6;1-2/h1-10H2;2-5H,1H3,(H3,11,12,14);1-2H. The molecule has 172 valence electrons. The molecule has 0 aliphatic carbocycles. The van der Waals surface area contributed by atoms with Crippen molar-refractivity contribution in [2.24, 2.45) is 5.73 Å². The Labute approximate surface area is 195 Å². The molecule has 0 bridgehead atoms. The Kier molecular flexibility index (Phi) is 10.0. The van der Waals surface area contributed by atoms with Crippen molar-refractivity contribution in [2.75, 3.05) is 31.5 Å². The highest BCUT2D eigenvalue weighted by Gasteiger charge is 2.23. The lowest BCUT2D eigenvalue weighted by atomic mass is 10.2. The van der Waals surface area contributed by atoms with Crippen LogP contribution in [0.4, 0.5) is 5.69 Å². The Morgan fingerprint density at radius 2 is 1.81 bits per heavy atom. The minimum absolute atomic E-state index is 0.132. The van der Waals surface area contributed by atoms with Gasteiger partial charge in [-0.25, -0.2) is 0 Å². The molecular formula is C24H32N4O3S. The molecular weight excluding hydrogens is 424 g/mol. The monoisotopic (exact) mass is 456 g/mol. The van der Waals surface area contributed by atoms with Gasteiger partial charge < -0.3 is 25.3 Å². The summed E-state index contributed by atoms with van der Waals surface area (Å²) in [4.78, 5) is 27.3. The molecule has 1 aromatic heterocycles. The van der Waals surface area contributed by atoms with E-state index in [1.54, 1.807) is 4.90 Å². The van der Waals surface area contributed by atoms with E-state index in [0.29, 0.717) is 13.0 Å². The van der Waals surface area contributed by atoms with Gasteiger partial charge in [0.15, 0.2) is 5.11 Å². The Balaban J connectivity index is 0.000000212. The minimum Gasteiger partial charge on any atom is -0.461 e. The molecule has 0 unspecified atom stereocenters. The highest BCUT2D eigenvalue weighted by Crippen LogP contribution is 2.22. The van der Waals surface area contributed by atoms with E-state index in [1.165, 1.54) is 0 Å². The number of rotatable bonds is 3. The summed E-state index contributed by atoms with van der Waals surface area (Å²) in [6.07, 6.45) is 14.0. The van der Waals surface area contributed by atoms with Crippen LogP contribution in [0.25, 0.3) is 11.0 Å². The molecule has 2 fully saturated rings. The summed E-state index contributed by atoms with van der Waals surface area (Å²) in [6.45, 7) is 4.74. The summed E-state index contributed by atoms with van der Waals surface area (Å²) in [7, 11) is 0. The smallest absolute Gasteiger partial charge is 0.242 e. The number of amides is 2. The number of hydrogen-bond acceptors (Lipinski definition) is 4. The molecule has 7 nitrogen and oxygen atoms in total. The number of nitrogens with zero attached hydrogens (tertiary/aromatic N) is 2. The number of aryl methyl sites for hydroxylation is 1. The summed E-state index contributed by atoms with van der Waals surface area (Å²) < 4.78 is 5.44. The van der Waals surface area contributed by atoms with Crippen LogP contribution in [0.2, 0.25) is 0 Å². The second kappa shape index (κ2) is 12.7. The highest BCUT2D eigenvalue weighted by molar-refractivity contribution is 7.80. The van der Waals surface area contributed by atoms with E-state index in [-0.39, 0.29) is 16.9 Å². The molecule has 2 aromatic rings. The zero-order valence-electron chi connectivity index (χ0n) is 18.6. The van der Waals surface area contributed by atoms with Crippen LogP contribution in [0.5, 0.6) is 0 Å². The molecule has 2 aliphatic heterocycles. The van der Waals surface area contributed by atoms with Crippen LogP contribution >= 0.6 is 12.2 Å². The molecule has 2 saturated heterocycles. The third kappa shape index (κ3) is 7.57. The van der Waals surface area contributed by atoms with Gasteiger partial charge in [0.1, 0.15) is 11.3 Å². The van der Waals surface area contributed by atoms with Crippen molar-refractivity contribution >= 4 is 45.8 Å². The van der Waals surface area contributed by atoms with Crippen LogP contribution in [-0.2, 0) is 9.59 Å². The van der Waals surface area contributed by atoms with Crippen molar-refractivity contribution in [3.05, 3.63) is 30.0 Å². The van der Waals surface area contributed by atoms with E-state index in [0.717, 1.165) is 74.2 Å². The van der Waals surface area contributed by atoms with Crippen molar-refractivity contribution in [3.63, 3.8) is 0 Å². The lowest BCUT2D eigenvalue weighted by molar-refractivity contribution is -0.139. The quantitative estimate of drug-likeness (QED) is 0.541. The number of carbonyl (C=O) groups excluding carboxylic acids is 2. The molecule has 32 heavy (non-hydrogen) atoms. The summed E-state index contributed by atoms with van der Waals surface area (Å²) in [5.41, 5.74) is 7.12. The molecule has 1 aromatic carbocycles. The second-order valence-electron chi connectivity index (χ2n) is 7.81. The number of furan rings is 1. The van der Waals surface area contributed by atoms with E-state index >= 15 is 0 Å². The zero-order chi connectivity index (χ0) is 23.5. The number of fused-ring (bicyclic) bond motifs is 1. The maximum Gasteiger partial charge on any atom is 0.242 e. The van der Waals surface area contributed by atoms with Crippen molar-refractivity contribution in [2.45, 2.75) is 45.4 Å². The maximum absolute atomic E-state index is 11.9. The number of nitrogens with two attached hydrogens (primary N) is 1. The minimum atomic E-state index is 0.132. The number of anilines is 1. The molecule has 2 amide bonds. The normalized spacial score (nSPS) is 15.8. The van der Waals surface area contributed by atoms with Crippen molar-refractivity contribution < 1.29 is 14.0 Å². The molecule has 4 rings (SSSR count). The Morgan fingerprint density at radius 3 is 2.50 bits per heavy atom. The van der Waals surface area contributed by atoms with Crippen LogP contribution in [0.1, 0.15) is 44.3 Å². The van der Waals surface area contributed by atoms with Crippen LogP contribution in [0.15, 0.2) is 28.7 Å². The predicted octanol–water partition coefficient (Wildman–Crippen LogP) is 3.66. The van der Waals surface area contributed by atoms with Crippen LogP contribution in [0.3, 0.4) is 0 Å². The van der Waals surface area contributed by atoms with E-state index < -0.39 is 0 Å². The van der Waals surface area contributed by atoms with Gasteiger partial charge in [-0.15, -0.1) is 12.8 Å². The summed E-state index contributed by atoms with van der Waals surface area (Å²) >= 11 is 4.75. The number of nitrogens with one attached hydrogen (secondary N) is 1. The van der Waals surface area contributed by atoms with Gasteiger partial charge in [0, 0.05) is 37.1 Å². The highest BCUT2D eigenvalue weighted by atomic mass is 32.1. The van der Waals surface area contributed by atoms with Gasteiger partial charge in [-0.2, -0.15) is 0 Å². The summed E-state index contributed by atoms with van der Waals surface area (Å²) in [5, 5.41) is 4.19. The van der Waals surface area contributed by atoms with Crippen molar-refractivity contribution in [1.82, 2.24) is 9.80 Å². The molecule has 0 saturated carbocycles. The lowest BCUT2D eigenvalue weighted by Gasteiger charge is -2.23. The average molecular weight is 457 g/mol. The average Bonchev–Trinajstić information content (AvgIpc) is 3.38. The predicted molar refractivity (Wildman–Crippen MR) is 132 cm³/mol. The fourth-order valence-electron chi connectivity index (χ4n) is 3.83. The Morgan fingerprint density at radius 1 is 1.12 bits per heavy atom. The van der Waals surface area contributed by atoms with Gasteiger partial charge in [0.05, 0.1) is 6.54 Å². The van der Waals surface area contributed by atoms with E-state index in [4.69, 9.17) is 22.4 Å². The first-order chi connectivity index (χ1) is 15.4. The SMILES string of the molecule is C#C.Cc1cc2cc(NC(N)=S)ccc2o1.O=C(CN1CCCCCC1=O)N1CCCC1. The molecule has 8 heteroatoms. The second-order valence-corrected chi connectivity index (χ2v) is 8.25. The summed E-state index contributed by atoms with van der Waals surface area (Å²) in [5.74, 6) is 1.19. The van der Waals surface area contributed by atoms with Gasteiger partial charge >= 0.3 is 0 Å². The topological polar surface area (TPSA) is 91.8 Å². The lowest BCUT2D eigenvalue weighted by Crippen LogP contribution is -2.41. The van der Waals surface area contributed by atoms with Crippen LogP contribution in [-0.4, -0.2) is 52.9 Å². The number of hydrogen-bond donors (Lipinski definition) is 2. The number of thiocarbonyl (C=S) groups is 1. The van der Waals surface area contributed by atoms with Crippen LogP contribution in [0, 0.1) is 19.8 Å². The molecule has 0 radical (unpaired) electrons. The molecule has 0 atom stereocenters. The zero-order valence-corrected chi connectivity index (χ0v) is 19.5. The van der Waals surface area contributed by atoms with Crippen LogP contribution < -0.4 is 11.1 Å². The van der Waals surface area contributed by atoms with Gasteiger partial charge in [-0.1, -0.05) is 6.42 Å². The Hall–Kier alpha value is -3.05. The fourth-order valence-corrected chi connectivity index (χ4v) is 3.95. The number of benzene rings is 1. The van der Waals surface area contributed by atoms with Gasteiger partial charge in [-0.3, -0.25) is 9.59 Å². The van der Waals surface area contributed by atoms with Gasteiger partial charge in [0.2, 0.25) is 11.8 Å². The largest absolute Gasteiger partial charge is 0.461 e. The number of likely N-dealkylation sites (tertiary alicyclic amines) is 2. The first kappa shape index (κ1) is 25.2. The fraction of sp³-hybridized carbons (Fsp3) is 0.458. The third-order valence-corrected chi connectivity index (χ3v) is 5.47.